The molecule has 3 nitrogen and oxygen atoms in total. The van der Waals surface area contributed by atoms with Gasteiger partial charge >= 0.3 is 0 Å². The summed E-state index contributed by atoms with van der Waals surface area (Å²) in [6, 6.07) is 3.44. The lowest BCUT2D eigenvalue weighted by Crippen LogP contribution is -2.42. The first-order chi connectivity index (χ1) is 10.1. The number of amides is 1. The third-order valence-electron chi connectivity index (χ3n) is 3.77. The van der Waals surface area contributed by atoms with Gasteiger partial charge in [0.2, 0.25) is 0 Å². The normalized spacial score (nSPS) is 17.9. The van der Waals surface area contributed by atoms with E-state index in [1.165, 1.54) is 18.9 Å². The van der Waals surface area contributed by atoms with Crippen molar-refractivity contribution in [2.24, 2.45) is 0 Å². The van der Waals surface area contributed by atoms with E-state index in [1.807, 2.05) is 0 Å². The molecule has 0 radical (unpaired) electrons. The van der Waals surface area contributed by atoms with Crippen LogP contribution in [0.2, 0.25) is 0 Å². The largest absolute Gasteiger partial charge is 0.481 e. The molecule has 1 saturated carbocycles. The third kappa shape index (κ3) is 4.69. The Labute approximate surface area is 123 Å². The van der Waals surface area contributed by atoms with Gasteiger partial charge in [-0.2, -0.15) is 0 Å². The zero-order chi connectivity index (χ0) is 15.2. The summed E-state index contributed by atoms with van der Waals surface area (Å²) in [5.74, 6) is -1.98. The molecule has 116 valence electrons. The standard InChI is InChI=1S/C16H21F2NO2/c1-11(21-13-8-9-14(17)15(18)10-13)16(20)19-12-6-4-2-3-5-7-12/h8-12H,2-7H2,1H3,(H,19,20)/t11-/m0/s1. The number of ether oxygens (including phenoxy) is 1. The molecule has 1 aliphatic carbocycles. The number of hydrogen-bond acceptors (Lipinski definition) is 2. The second-order valence-corrected chi connectivity index (χ2v) is 5.53. The molecule has 0 aromatic heterocycles. The Kier molecular flexibility index (Phi) is 5.53. The SMILES string of the molecule is C[C@H](Oc1ccc(F)c(F)c1)C(=O)NC1CCCCCC1. The van der Waals surface area contributed by atoms with Gasteiger partial charge in [0.1, 0.15) is 5.75 Å². The molecular formula is C16H21F2NO2. The van der Waals surface area contributed by atoms with Crippen molar-refractivity contribution >= 4 is 5.91 Å². The molecule has 1 N–H and O–H groups in total. The highest BCUT2D eigenvalue weighted by molar-refractivity contribution is 5.81. The summed E-state index contributed by atoms with van der Waals surface area (Å²) in [6.45, 7) is 1.60. The molecule has 21 heavy (non-hydrogen) atoms. The summed E-state index contributed by atoms with van der Waals surface area (Å²) in [7, 11) is 0. The highest BCUT2D eigenvalue weighted by atomic mass is 19.2. The van der Waals surface area contributed by atoms with Gasteiger partial charge in [0.25, 0.3) is 5.91 Å². The fourth-order valence-electron chi connectivity index (χ4n) is 2.55. The van der Waals surface area contributed by atoms with Crippen LogP contribution in [0.4, 0.5) is 8.78 Å². The summed E-state index contributed by atoms with van der Waals surface area (Å²) < 4.78 is 31.3. The first kappa shape index (κ1) is 15.7. The van der Waals surface area contributed by atoms with Crippen LogP contribution < -0.4 is 10.1 Å². The summed E-state index contributed by atoms with van der Waals surface area (Å²) in [5, 5.41) is 2.97. The van der Waals surface area contributed by atoms with Crippen molar-refractivity contribution in [2.75, 3.05) is 0 Å². The van der Waals surface area contributed by atoms with Gasteiger partial charge in [0.05, 0.1) is 0 Å². The van der Waals surface area contributed by atoms with E-state index in [2.05, 4.69) is 5.32 Å². The van der Waals surface area contributed by atoms with Gasteiger partial charge in [-0.25, -0.2) is 8.78 Å². The molecule has 1 atom stereocenters. The Bertz CT molecular complexity index is 485. The number of benzene rings is 1. The monoisotopic (exact) mass is 297 g/mol. The fourth-order valence-corrected chi connectivity index (χ4v) is 2.55. The number of rotatable bonds is 4. The lowest BCUT2D eigenvalue weighted by atomic mass is 10.1. The van der Waals surface area contributed by atoms with Crippen molar-refractivity contribution in [1.29, 1.82) is 0 Å². The van der Waals surface area contributed by atoms with Gasteiger partial charge in [-0.3, -0.25) is 4.79 Å². The van der Waals surface area contributed by atoms with Crippen LogP contribution in [-0.2, 0) is 4.79 Å². The van der Waals surface area contributed by atoms with Crippen LogP contribution in [-0.4, -0.2) is 18.1 Å². The van der Waals surface area contributed by atoms with E-state index in [0.29, 0.717) is 0 Å². The molecule has 1 fully saturated rings. The summed E-state index contributed by atoms with van der Waals surface area (Å²) in [6.07, 6.45) is 5.93. The highest BCUT2D eigenvalue weighted by Crippen LogP contribution is 2.19. The van der Waals surface area contributed by atoms with E-state index in [0.717, 1.165) is 37.8 Å². The number of carbonyl (C=O) groups excluding carboxylic acids is 1. The van der Waals surface area contributed by atoms with Crippen LogP contribution in [0.25, 0.3) is 0 Å². The van der Waals surface area contributed by atoms with E-state index >= 15 is 0 Å². The van der Waals surface area contributed by atoms with Crippen molar-refractivity contribution in [3.05, 3.63) is 29.8 Å². The molecule has 1 aromatic carbocycles. The fraction of sp³-hybridized carbons (Fsp3) is 0.562. The van der Waals surface area contributed by atoms with Crippen molar-refractivity contribution in [3.63, 3.8) is 0 Å². The van der Waals surface area contributed by atoms with Gasteiger partial charge in [0, 0.05) is 12.1 Å². The van der Waals surface area contributed by atoms with E-state index < -0.39 is 17.7 Å². The molecule has 0 spiro atoms. The average molecular weight is 297 g/mol. The van der Waals surface area contributed by atoms with Gasteiger partial charge in [-0.05, 0) is 31.9 Å². The first-order valence-electron chi connectivity index (χ1n) is 7.48. The lowest BCUT2D eigenvalue weighted by molar-refractivity contribution is -0.128. The highest BCUT2D eigenvalue weighted by Gasteiger charge is 2.20. The molecule has 0 heterocycles. The van der Waals surface area contributed by atoms with Crippen molar-refractivity contribution in [1.82, 2.24) is 5.32 Å². The van der Waals surface area contributed by atoms with E-state index in [-0.39, 0.29) is 17.7 Å². The van der Waals surface area contributed by atoms with Crippen molar-refractivity contribution in [2.45, 2.75) is 57.6 Å². The van der Waals surface area contributed by atoms with Crippen LogP contribution in [0, 0.1) is 11.6 Å². The van der Waals surface area contributed by atoms with Gasteiger partial charge in [0.15, 0.2) is 17.7 Å². The molecule has 0 unspecified atom stereocenters. The Balaban J connectivity index is 1.87. The van der Waals surface area contributed by atoms with Gasteiger partial charge in [-0.1, -0.05) is 25.7 Å². The van der Waals surface area contributed by atoms with E-state index in [9.17, 15) is 13.6 Å². The molecule has 1 aliphatic rings. The predicted octanol–water partition coefficient (Wildman–Crippen LogP) is 3.57. The zero-order valence-corrected chi connectivity index (χ0v) is 12.2. The maximum absolute atomic E-state index is 13.1. The molecule has 1 amide bonds. The second-order valence-electron chi connectivity index (χ2n) is 5.53. The predicted molar refractivity (Wildman–Crippen MR) is 76.1 cm³/mol. The minimum Gasteiger partial charge on any atom is -0.481 e. The quantitative estimate of drug-likeness (QED) is 0.863. The Morgan fingerprint density at radius 3 is 2.48 bits per heavy atom. The topological polar surface area (TPSA) is 38.3 Å². The maximum atomic E-state index is 13.1. The van der Waals surface area contributed by atoms with Crippen LogP contribution in [0.3, 0.4) is 0 Å². The lowest BCUT2D eigenvalue weighted by Gasteiger charge is -2.20. The first-order valence-corrected chi connectivity index (χ1v) is 7.48. The average Bonchev–Trinajstić information content (AvgIpc) is 2.71. The Morgan fingerprint density at radius 1 is 1.19 bits per heavy atom. The maximum Gasteiger partial charge on any atom is 0.260 e. The summed E-state index contributed by atoms with van der Waals surface area (Å²) in [4.78, 5) is 12.1. The van der Waals surface area contributed by atoms with Crippen LogP contribution in [0.1, 0.15) is 45.4 Å². The number of nitrogens with one attached hydrogen (secondary N) is 1. The number of carbonyl (C=O) groups is 1. The smallest absolute Gasteiger partial charge is 0.260 e. The second kappa shape index (κ2) is 7.38. The van der Waals surface area contributed by atoms with Gasteiger partial charge in [-0.15, -0.1) is 0 Å². The van der Waals surface area contributed by atoms with E-state index in [4.69, 9.17) is 4.74 Å². The minimum absolute atomic E-state index is 0.150. The van der Waals surface area contributed by atoms with Crippen LogP contribution in [0.5, 0.6) is 5.75 Å². The molecule has 0 aliphatic heterocycles. The Hall–Kier alpha value is -1.65. The van der Waals surface area contributed by atoms with Crippen LogP contribution in [0.15, 0.2) is 18.2 Å². The van der Waals surface area contributed by atoms with Crippen molar-refractivity contribution < 1.29 is 18.3 Å². The Morgan fingerprint density at radius 2 is 1.86 bits per heavy atom. The molecule has 2 rings (SSSR count). The number of hydrogen-bond donors (Lipinski definition) is 1. The number of halogens is 2. The molecule has 0 bridgehead atoms. The molecule has 5 heteroatoms. The third-order valence-corrected chi connectivity index (χ3v) is 3.77. The van der Waals surface area contributed by atoms with E-state index in [1.54, 1.807) is 6.92 Å². The molecule has 1 aromatic rings. The molecular weight excluding hydrogens is 276 g/mol. The van der Waals surface area contributed by atoms with Crippen LogP contribution >= 0.6 is 0 Å². The minimum atomic E-state index is -0.983. The molecule has 0 saturated heterocycles. The zero-order valence-electron chi connectivity index (χ0n) is 12.2. The van der Waals surface area contributed by atoms with Gasteiger partial charge < -0.3 is 10.1 Å². The van der Waals surface area contributed by atoms with Crippen molar-refractivity contribution in [3.8, 4) is 5.75 Å². The summed E-state index contributed by atoms with van der Waals surface area (Å²) in [5.41, 5.74) is 0. The summed E-state index contributed by atoms with van der Waals surface area (Å²) >= 11 is 0.